The summed E-state index contributed by atoms with van der Waals surface area (Å²) in [6, 6.07) is 12.3. The van der Waals surface area contributed by atoms with Gasteiger partial charge in [-0.25, -0.2) is 0 Å². The highest BCUT2D eigenvalue weighted by Crippen LogP contribution is 2.28. The number of phenolic OH excluding ortho intramolecular Hbond substituents is 1. The van der Waals surface area contributed by atoms with Gasteiger partial charge in [-0.3, -0.25) is 0 Å². The first-order valence-corrected chi connectivity index (χ1v) is 9.14. The number of rotatable bonds is 9. The van der Waals surface area contributed by atoms with Gasteiger partial charge in [-0.15, -0.1) is 0 Å². The van der Waals surface area contributed by atoms with Crippen LogP contribution in [0.25, 0.3) is 0 Å². The van der Waals surface area contributed by atoms with Gasteiger partial charge in [0.2, 0.25) is 0 Å². The normalized spacial score (nSPS) is 12.2. The van der Waals surface area contributed by atoms with Gasteiger partial charge in [0.15, 0.2) is 0 Å². The predicted molar refractivity (Wildman–Crippen MR) is 102 cm³/mol. The average molecular weight is 342 g/mol. The smallest absolute Gasteiger partial charge is 0.124 e. The number of hydrogen-bond donors (Lipinski definition) is 1. The largest absolute Gasteiger partial charge is 0.507 e. The minimum absolute atomic E-state index is 0.352. The Bertz CT molecular complexity index is 634. The molecular weight excluding hydrogens is 312 g/mol. The number of phenols is 1. The number of aromatic hydroxyl groups is 1. The number of aryl methyl sites for hydroxylation is 1. The second-order valence-corrected chi connectivity index (χ2v) is 6.61. The molecule has 0 aliphatic carbocycles. The fraction of sp³-hybridized carbons (Fsp3) is 0.455. The Morgan fingerprint density at radius 1 is 1.00 bits per heavy atom. The van der Waals surface area contributed by atoms with Gasteiger partial charge < -0.3 is 14.6 Å². The van der Waals surface area contributed by atoms with Crippen molar-refractivity contribution in [1.29, 1.82) is 0 Å². The van der Waals surface area contributed by atoms with E-state index in [2.05, 4.69) is 32.9 Å². The molecule has 1 atom stereocenters. The molecule has 0 amide bonds. The van der Waals surface area contributed by atoms with Crippen LogP contribution >= 0.6 is 0 Å². The molecule has 0 aromatic heterocycles. The molecule has 3 nitrogen and oxygen atoms in total. The lowest BCUT2D eigenvalue weighted by Gasteiger charge is -2.14. The van der Waals surface area contributed by atoms with Gasteiger partial charge in [0, 0.05) is 12.7 Å². The van der Waals surface area contributed by atoms with E-state index in [0.717, 1.165) is 41.7 Å². The van der Waals surface area contributed by atoms with E-state index in [1.807, 2.05) is 24.3 Å². The van der Waals surface area contributed by atoms with Crippen molar-refractivity contribution in [3.63, 3.8) is 0 Å². The van der Waals surface area contributed by atoms with Crippen LogP contribution in [0.5, 0.6) is 11.5 Å². The minimum Gasteiger partial charge on any atom is -0.507 e. The van der Waals surface area contributed by atoms with Gasteiger partial charge in [0.25, 0.3) is 0 Å². The predicted octanol–water partition coefficient (Wildman–Crippen LogP) is 5.58. The maximum Gasteiger partial charge on any atom is 0.124 e. The second-order valence-electron chi connectivity index (χ2n) is 6.61. The van der Waals surface area contributed by atoms with Crippen molar-refractivity contribution in [3.8, 4) is 11.5 Å². The summed E-state index contributed by atoms with van der Waals surface area (Å²) in [5.74, 6) is 1.79. The molecule has 1 N–H and O–H groups in total. The highest BCUT2D eigenvalue weighted by Gasteiger charge is 2.10. The number of hydrogen-bond acceptors (Lipinski definition) is 3. The Balaban J connectivity index is 2.11. The molecule has 2 aromatic rings. The van der Waals surface area contributed by atoms with Crippen molar-refractivity contribution in [2.45, 2.75) is 59.2 Å². The van der Waals surface area contributed by atoms with Crippen molar-refractivity contribution in [1.82, 2.24) is 0 Å². The van der Waals surface area contributed by atoms with Crippen LogP contribution < -0.4 is 4.74 Å². The zero-order valence-corrected chi connectivity index (χ0v) is 15.8. The van der Waals surface area contributed by atoms with Crippen LogP contribution in [0.4, 0.5) is 0 Å². The van der Waals surface area contributed by atoms with Gasteiger partial charge >= 0.3 is 0 Å². The SMILES string of the molecule is CCCc1cc(COc2ccc(C(C)CC)cc2)cc(COC)c1O. The summed E-state index contributed by atoms with van der Waals surface area (Å²) in [5.41, 5.74) is 4.17. The standard InChI is InChI=1S/C22H30O3/c1-5-7-19-12-17(13-20(15-24-4)22(19)23)14-25-21-10-8-18(9-11-21)16(3)6-2/h8-13,16,23H,5-7,14-15H2,1-4H3. The lowest BCUT2D eigenvalue weighted by molar-refractivity contribution is 0.181. The highest BCUT2D eigenvalue weighted by molar-refractivity contribution is 5.43. The molecule has 0 aliphatic heterocycles. The molecule has 136 valence electrons. The van der Waals surface area contributed by atoms with Crippen LogP contribution in [-0.4, -0.2) is 12.2 Å². The quantitative estimate of drug-likeness (QED) is 0.646. The lowest BCUT2D eigenvalue weighted by atomic mass is 9.99. The molecule has 0 radical (unpaired) electrons. The molecule has 2 aromatic carbocycles. The van der Waals surface area contributed by atoms with Crippen molar-refractivity contribution in [2.75, 3.05) is 7.11 Å². The van der Waals surface area contributed by atoms with E-state index < -0.39 is 0 Å². The van der Waals surface area contributed by atoms with E-state index in [4.69, 9.17) is 9.47 Å². The van der Waals surface area contributed by atoms with Crippen LogP contribution in [0.2, 0.25) is 0 Å². The first kappa shape index (κ1) is 19.3. The van der Waals surface area contributed by atoms with E-state index in [-0.39, 0.29) is 0 Å². The van der Waals surface area contributed by atoms with Crippen molar-refractivity contribution < 1.29 is 14.6 Å². The average Bonchev–Trinajstić information content (AvgIpc) is 2.63. The van der Waals surface area contributed by atoms with E-state index >= 15 is 0 Å². The first-order valence-electron chi connectivity index (χ1n) is 9.14. The number of ether oxygens (including phenoxy) is 2. The van der Waals surface area contributed by atoms with Crippen molar-refractivity contribution in [2.24, 2.45) is 0 Å². The molecule has 3 heteroatoms. The minimum atomic E-state index is 0.352. The second kappa shape index (κ2) is 9.47. The van der Waals surface area contributed by atoms with Crippen LogP contribution in [-0.2, 0) is 24.4 Å². The van der Waals surface area contributed by atoms with Crippen LogP contribution in [0.15, 0.2) is 36.4 Å². The number of methoxy groups -OCH3 is 1. The van der Waals surface area contributed by atoms with E-state index in [0.29, 0.717) is 24.9 Å². The Hall–Kier alpha value is -2.00. The summed E-state index contributed by atoms with van der Waals surface area (Å²) in [7, 11) is 1.64. The third kappa shape index (κ3) is 5.23. The zero-order chi connectivity index (χ0) is 18.2. The van der Waals surface area contributed by atoms with Gasteiger partial charge in [-0.1, -0.05) is 39.3 Å². The third-order valence-corrected chi connectivity index (χ3v) is 4.61. The van der Waals surface area contributed by atoms with Gasteiger partial charge in [-0.05, 0) is 59.7 Å². The molecule has 25 heavy (non-hydrogen) atoms. The zero-order valence-electron chi connectivity index (χ0n) is 15.8. The summed E-state index contributed by atoms with van der Waals surface area (Å²) in [6.07, 6.45) is 2.97. The van der Waals surface area contributed by atoms with Gasteiger partial charge in [0.1, 0.15) is 18.1 Å². The molecular formula is C22H30O3. The van der Waals surface area contributed by atoms with Crippen molar-refractivity contribution in [3.05, 3.63) is 58.7 Å². The van der Waals surface area contributed by atoms with Gasteiger partial charge in [0.05, 0.1) is 6.61 Å². The van der Waals surface area contributed by atoms with Crippen molar-refractivity contribution >= 4 is 0 Å². The van der Waals surface area contributed by atoms with Gasteiger partial charge in [-0.2, -0.15) is 0 Å². The molecule has 0 fully saturated rings. The summed E-state index contributed by atoms with van der Waals surface area (Å²) in [5, 5.41) is 10.3. The van der Waals surface area contributed by atoms with E-state index in [9.17, 15) is 5.11 Å². The molecule has 0 saturated heterocycles. The summed E-state index contributed by atoms with van der Waals surface area (Å²) < 4.78 is 11.1. The van der Waals surface area contributed by atoms with Crippen LogP contribution in [0.1, 0.15) is 61.8 Å². The molecule has 0 spiro atoms. The van der Waals surface area contributed by atoms with E-state index in [1.54, 1.807) is 7.11 Å². The summed E-state index contributed by atoms with van der Waals surface area (Å²) >= 11 is 0. The maximum absolute atomic E-state index is 10.3. The molecule has 2 rings (SSSR count). The molecule has 0 heterocycles. The highest BCUT2D eigenvalue weighted by atomic mass is 16.5. The number of benzene rings is 2. The fourth-order valence-corrected chi connectivity index (χ4v) is 2.94. The molecule has 0 bridgehead atoms. The maximum atomic E-state index is 10.3. The molecule has 1 unspecified atom stereocenters. The monoisotopic (exact) mass is 342 g/mol. The lowest BCUT2D eigenvalue weighted by Crippen LogP contribution is -2.01. The Morgan fingerprint density at radius 2 is 1.68 bits per heavy atom. The molecule has 0 saturated carbocycles. The third-order valence-electron chi connectivity index (χ3n) is 4.61. The van der Waals surface area contributed by atoms with Crippen LogP contribution in [0.3, 0.4) is 0 Å². The Labute approximate surface area is 151 Å². The summed E-state index contributed by atoms with van der Waals surface area (Å²) in [6.45, 7) is 7.43. The summed E-state index contributed by atoms with van der Waals surface area (Å²) in [4.78, 5) is 0. The first-order chi connectivity index (χ1) is 12.1. The Kier molecular flexibility index (Phi) is 7.32. The topological polar surface area (TPSA) is 38.7 Å². The molecule has 0 aliphatic rings. The van der Waals surface area contributed by atoms with E-state index in [1.165, 1.54) is 5.56 Å². The Morgan fingerprint density at radius 3 is 2.28 bits per heavy atom. The fourth-order valence-electron chi connectivity index (χ4n) is 2.94. The van der Waals surface area contributed by atoms with Crippen LogP contribution in [0, 0.1) is 0 Å².